The predicted octanol–water partition coefficient (Wildman–Crippen LogP) is -2.55. The molecule has 2 heterocycles. The molecular weight excluding hydrogens is 1150 g/mol. The number of aliphatic hydroxyl groups excluding tert-OH is 6. The summed E-state index contributed by atoms with van der Waals surface area (Å²) in [4.78, 5) is 92.7. The molecule has 10 N–H and O–H groups in total. The van der Waals surface area contributed by atoms with Crippen molar-refractivity contribution in [3.63, 3.8) is 0 Å². The number of carbonyl (C=O) groups is 7. The Bertz CT molecular complexity index is 2450. The highest BCUT2D eigenvalue weighted by Gasteiger charge is 2.48. The van der Waals surface area contributed by atoms with Gasteiger partial charge in [0.2, 0.25) is 18.5 Å². The Labute approximate surface area is 494 Å². The first kappa shape index (κ1) is 72.0. The molecule has 2 fully saturated rings. The van der Waals surface area contributed by atoms with Crippen LogP contribution in [0.25, 0.3) is 0 Å². The molecule has 2 aromatic rings. The lowest BCUT2D eigenvalue weighted by atomic mass is 9.99. The normalized spacial score (nSPS) is 21.1. The molecule has 32 heteroatoms. The van der Waals surface area contributed by atoms with Gasteiger partial charge >= 0.3 is 24.0 Å². The Morgan fingerprint density at radius 3 is 1.55 bits per heavy atom. The van der Waals surface area contributed by atoms with Gasteiger partial charge in [-0.1, -0.05) is 12.1 Å². The van der Waals surface area contributed by atoms with E-state index in [2.05, 4.69) is 16.1 Å². The van der Waals surface area contributed by atoms with Gasteiger partial charge in [-0.05, 0) is 56.2 Å². The number of amides is 4. The Morgan fingerprint density at radius 1 is 0.581 bits per heavy atom. The lowest BCUT2D eigenvalue weighted by Crippen LogP contribution is -2.61. The molecule has 32 nitrogen and oxygen atoms in total. The zero-order chi connectivity index (χ0) is 63.2. The molecule has 0 saturated carbocycles. The number of hydrogen-bond donors (Lipinski definition) is 10. The minimum atomic E-state index is -1.98. The molecule has 2 aromatic carbocycles. The van der Waals surface area contributed by atoms with Crippen LogP contribution in [0.4, 0.5) is 4.79 Å². The number of nitrogens with one attached hydrogen (secondary N) is 3. The molecule has 4 rings (SSSR count). The highest BCUT2D eigenvalue weighted by Crippen LogP contribution is 2.29. The molecule has 86 heavy (non-hydrogen) atoms. The van der Waals surface area contributed by atoms with Crippen LogP contribution in [0.5, 0.6) is 11.5 Å². The van der Waals surface area contributed by atoms with E-state index in [1.807, 2.05) is 0 Å². The van der Waals surface area contributed by atoms with Crippen molar-refractivity contribution in [1.82, 2.24) is 21.0 Å². The molecule has 0 aromatic heterocycles. The largest absolute Gasteiger partial charge is 0.479 e. The van der Waals surface area contributed by atoms with Gasteiger partial charge in [-0.2, -0.15) is 5.48 Å². The van der Waals surface area contributed by atoms with E-state index in [1.54, 1.807) is 20.8 Å². The number of nitrogens with zero attached hydrogens (tertiary/aromatic N) is 1. The first-order valence-electron chi connectivity index (χ1n) is 27.3. The summed E-state index contributed by atoms with van der Waals surface area (Å²) < 4.78 is 70.7. The number of ether oxygens (including phenoxy) is 13. The summed E-state index contributed by atoms with van der Waals surface area (Å²) in [5.41, 5.74) is 2.11. The van der Waals surface area contributed by atoms with Gasteiger partial charge in [0.15, 0.2) is 6.10 Å². The van der Waals surface area contributed by atoms with Crippen molar-refractivity contribution < 1.29 is 136 Å². The summed E-state index contributed by atoms with van der Waals surface area (Å²) in [7, 11) is 0. The molecule has 2 aliphatic rings. The average molecular weight is 1230 g/mol. The van der Waals surface area contributed by atoms with Crippen molar-refractivity contribution in [2.45, 2.75) is 109 Å². The molecule has 0 aliphatic carbocycles. The number of carboxylic acid groups (broad SMARTS) is 1. The second kappa shape index (κ2) is 37.9. The zero-order valence-corrected chi connectivity index (χ0v) is 48.5. The fourth-order valence-electron chi connectivity index (χ4n) is 7.55. The van der Waals surface area contributed by atoms with Gasteiger partial charge in [0.1, 0.15) is 73.5 Å². The van der Waals surface area contributed by atoms with E-state index < -0.39 is 96.7 Å². The van der Waals surface area contributed by atoms with Gasteiger partial charge in [-0.15, -0.1) is 0 Å². The minimum Gasteiger partial charge on any atom is -0.479 e. The van der Waals surface area contributed by atoms with Crippen LogP contribution in [0.1, 0.15) is 66.5 Å². The standard InChI is InChI=1S/C54H80N4O28/c1-32(59)79-28-34-6-8-39(83-51-45(66)42(63)38(61)30-81-51)36(26-34)48(68)55-10-14-73-18-20-75-16-12-58(41(62)31-78-23-22-77-24-25-82-57-53(72)86-54(3,4)5)13-17-76-21-19-74-15-11-56-49(69)37-27-35(29-80-33(2)60)7-9-40(37)84-52-46(67)43(64)44(65)47(85-52)50(70)71/h6-9,26-27,38,42-47,51-52,61,63-67H,10-25,28-31H2,1-5H3,(H,55,68)(H,56,69)(H,57,72)(H,70,71)/t38-,42+,43+,44+,45-,46-,47+,51+,52-/m1/s1. The number of carboxylic acids is 1. The van der Waals surface area contributed by atoms with E-state index >= 15 is 0 Å². The van der Waals surface area contributed by atoms with Crippen LogP contribution >= 0.6 is 0 Å². The van der Waals surface area contributed by atoms with E-state index in [0.717, 1.165) is 0 Å². The molecule has 0 unspecified atom stereocenters. The van der Waals surface area contributed by atoms with Crippen LogP contribution in [-0.2, 0) is 89.3 Å². The van der Waals surface area contributed by atoms with Crippen molar-refractivity contribution in [2.24, 2.45) is 0 Å². The summed E-state index contributed by atoms with van der Waals surface area (Å²) in [6.07, 6.45) is -16.3. The lowest BCUT2D eigenvalue weighted by molar-refractivity contribution is -0.271. The lowest BCUT2D eigenvalue weighted by Gasteiger charge is -2.38. The highest BCUT2D eigenvalue weighted by molar-refractivity contribution is 5.97. The molecule has 0 radical (unpaired) electrons. The third kappa shape index (κ3) is 26.2. The van der Waals surface area contributed by atoms with Gasteiger partial charge < -0.3 is 113 Å². The topological polar surface area (TPSA) is 430 Å². The maximum Gasteiger partial charge on any atom is 0.431 e. The highest BCUT2D eigenvalue weighted by atomic mass is 16.7. The maximum absolute atomic E-state index is 13.4. The molecular formula is C54H80N4O28. The number of hydroxylamine groups is 1. The van der Waals surface area contributed by atoms with Crippen molar-refractivity contribution >= 4 is 41.7 Å². The van der Waals surface area contributed by atoms with Gasteiger partial charge in [-0.25, -0.2) is 9.59 Å². The number of benzene rings is 2. The summed E-state index contributed by atoms with van der Waals surface area (Å²) >= 11 is 0. The summed E-state index contributed by atoms with van der Waals surface area (Å²) in [6.45, 7) is 7.66. The summed E-state index contributed by atoms with van der Waals surface area (Å²) in [5, 5.41) is 75.9. The Morgan fingerprint density at radius 2 is 1.05 bits per heavy atom. The Kier molecular flexibility index (Phi) is 31.8. The van der Waals surface area contributed by atoms with Crippen LogP contribution in [0, 0.1) is 0 Å². The smallest absolute Gasteiger partial charge is 0.431 e. The molecule has 2 aliphatic heterocycles. The van der Waals surface area contributed by atoms with E-state index in [1.165, 1.54) is 55.1 Å². The zero-order valence-electron chi connectivity index (χ0n) is 48.5. The summed E-state index contributed by atoms with van der Waals surface area (Å²) in [5.74, 6) is -4.72. The van der Waals surface area contributed by atoms with E-state index in [4.69, 9.17) is 66.4 Å². The first-order chi connectivity index (χ1) is 40.9. The fraction of sp³-hybridized carbons (Fsp3) is 0.648. The Hall–Kier alpha value is -6.47. The molecule has 2 saturated heterocycles. The summed E-state index contributed by atoms with van der Waals surface area (Å²) in [6, 6.07) is 8.42. The average Bonchev–Trinajstić information content (AvgIpc) is 1.99. The molecule has 0 bridgehead atoms. The number of esters is 2. The predicted molar refractivity (Wildman–Crippen MR) is 289 cm³/mol. The van der Waals surface area contributed by atoms with Gasteiger partial charge in [0.25, 0.3) is 11.8 Å². The Balaban J connectivity index is 1.21. The van der Waals surface area contributed by atoms with Crippen LogP contribution in [0.15, 0.2) is 36.4 Å². The van der Waals surface area contributed by atoms with Gasteiger partial charge in [-0.3, -0.25) is 28.8 Å². The second-order valence-electron chi connectivity index (χ2n) is 19.9. The number of carbonyl (C=O) groups excluding carboxylic acids is 6. The molecule has 484 valence electrons. The van der Waals surface area contributed by atoms with Gasteiger partial charge in [0, 0.05) is 40.0 Å². The monoisotopic (exact) mass is 1230 g/mol. The van der Waals surface area contributed by atoms with Crippen molar-refractivity contribution in [2.75, 3.05) is 119 Å². The molecule has 4 amide bonds. The van der Waals surface area contributed by atoms with Crippen LogP contribution in [0.2, 0.25) is 0 Å². The fourth-order valence-corrected chi connectivity index (χ4v) is 7.55. The quantitative estimate of drug-likeness (QED) is 0.0143. The first-order valence-corrected chi connectivity index (χ1v) is 27.3. The molecule has 0 spiro atoms. The van der Waals surface area contributed by atoms with Crippen LogP contribution in [0.3, 0.4) is 0 Å². The third-order valence-electron chi connectivity index (χ3n) is 11.9. The van der Waals surface area contributed by atoms with Gasteiger partial charge in [0.05, 0.1) is 97.0 Å². The number of aliphatic hydroxyl groups is 6. The minimum absolute atomic E-state index is 0.000883. The number of rotatable bonds is 38. The van der Waals surface area contributed by atoms with Crippen molar-refractivity contribution in [3.05, 3.63) is 58.7 Å². The van der Waals surface area contributed by atoms with Crippen molar-refractivity contribution in [3.8, 4) is 11.5 Å². The van der Waals surface area contributed by atoms with E-state index in [9.17, 15) is 69.3 Å². The molecule has 9 atom stereocenters. The van der Waals surface area contributed by atoms with Crippen LogP contribution < -0.4 is 25.6 Å². The van der Waals surface area contributed by atoms with E-state index in [0.29, 0.717) is 11.1 Å². The number of hydrogen-bond acceptors (Lipinski definition) is 27. The van der Waals surface area contributed by atoms with E-state index in [-0.39, 0.29) is 160 Å². The van der Waals surface area contributed by atoms with Crippen molar-refractivity contribution in [1.29, 1.82) is 0 Å². The maximum atomic E-state index is 13.4. The number of aliphatic carboxylic acids is 1. The SMILES string of the molecule is CC(=O)OCc1ccc(O[C@@H]2O[C@H](C(=O)O)[C@@H](O)[C@H](O)[C@H]2O)c(C(=O)NCCOCCOCCN(CCOCCOCCNC(=O)c2cc(COC(C)=O)ccc2O[C@@H]2OC[C@@H](O)[C@H](O)[C@H]2O)C(=O)COCCOCCONC(=O)OC(C)(C)C)c1. The third-order valence-corrected chi connectivity index (χ3v) is 11.9. The van der Waals surface area contributed by atoms with Crippen LogP contribution in [-0.4, -0.2) is 262 Å². The second-order valence-corrected chi connectivity index (χ2v) is 19.9.